The number of primary amides is 1. The summed E-state index contributed by atoms with van der Waals surface area (Å²) in [5.41, 5.74) is 6.48. The molecule has 6 nitrogen and oxygen atoms in total. The van der Waals surface area contributed by atoms with Crippen LogP contribution >= 0.6 is 0 Å². The first-order valence-electron chi connectivity index (χ1n) is 7.54. The lowest BCUT2D eigenvalue weighted by Crippen LogP contribution is -2.21. The van der Waals surface area contributed by atoms with E-state index in [9.17, 15) is 19.3 Å². The predicted molar refractivity (Wildman–Crippen MR) is 87.6 cm³/mol. The predicted octanol–water partition coefficient (Wildman–Crippen LogP) is 2.83. The number of hydrogen-bond acceptors (Lipinski definition) is 4. The molecule has 1 heterocycles. The van der Waals surface area contributed by atoms with Crippen LogP contribution in [0.15, 0.2) is 42.5 Å². The molecule has 0 radical (unpaired) electrons. The number of nitrogens with zero attached hydrogens (tertiary/aromatic N) is 2. The first-order valence-corrected chi connectivity index (χ1v) is 7.54. The molecule has 0 bridgehead atoms. The molecule has 2 aromatic carbocycles. The molecule has 0 aromatic heterocycles. The minimum Gasteiger partial charge on any atom is -0.366 e. The number of benzene rings is 2. The van der Waals surface area contributed by atoms with Crippen molar-refractivity contribution in [1.82, 2.24) is 0 Å². The molecular formula is C17H16FN3O3. The molecule has 3 rings (SSSR count). The van der Waals surface area contributed by atoms with Crippen LogP contribution in [0.3, 0.4) is 0 Å². The van der Waals surface area contributed by atoms with Crippen LogP contribution in [-0.4, -0.2) is 23.9 Å². The van der Waals surface area contributed by atoms with Crippen LogP contribution in [0, 0.1) is 15.9 Å². The van der Waals surface area contributed by atoms with E-state index in [2.05, 4.69) is 0 Å². The van der Waals surface area contributed by atoms with Crippen LogP contribution in [0.1, 0.15) is 28.3 Å². The Morgan fingerprint density at radius 1 is 1.29 bits per heavy atom. The fourth-order valence-corrected chi connectivity index (χ4v) is 3.10. The first kappa shape index (κ1) is 15.9. The van der Waals surface area contributed by atoms with Gasteiger partial charge in [-0.25, -0.2) is 4.39 Å². The fourth-order valence-electron chi connectivity index (χ4n) is 3.10. The molecule has 1 saturated heterocycles. The zero-order valence-corrected chi connectivity index (χ0v) is 12.8. The topological polar surface area (TPSA) is 89.5 Å². The van der Waals surface area contributed by atoms with Crippen molar-refractivity contribution in [2.24, 2.45) is 5.73 Å². The monoisotopic (exact) mass is 329 g/mol. The van der Waals surface area contributed by atoms with Crippen LogP contribution in [0.25, 0.3) is 0 Å². The minimum absolute atomic E-state index is 0.103. The Hall–Kier alpha value is -2.96. The van der Waals surface area contributed by atoms with Gasteiger partial charge in [0, 0.05) is 30.6 Å². The Kier molecular flexibility index (Phi) is 4.16. The highest BCUT2D eigenvalue weighted by molar-refractivity contribution is 5.94. The molecule has 7 heteroatoms. The molecule has 24 heavy (non-hydrogen) atoms. The lowest BCUT2D eigenvalue weighted by atomic mass is 9.98. The summed E-state index contributed by atoms with van der Waals surface area (Å²) >= 11 is 0. The summed E-state index contributed by atoms with van der Waals surface area (Å²) in [6.45, 7) is 1.18. The zero-order chi connectivity index (χ0) is 17.3. The summed E-state index contributed by atoms with van der Waals surface area (Å²) in [4.78, 5) is 23.9. The standard InChI is InChI=1S/C17H16FN3O3/c18-14-3-1-2-11(8-14)13-6-7-20(10-13)15-5-4-12(17(19)22)9-16(15)21(23)24/h1-5,8-9,13H,6-7,10H2,(H2,19,22). The number of carbonyl (C=O) groups is 1. The summed E-state index contributed by atoms with van der Waals surface area (Å²) in [6.07, 6.45) is 0.776. The van der Waals surface area contributed by atoms with Gasteiger partial charge in [0.2, 0.25) is 5.91 Å². The molecule has 0 saturated carbocycles. The molecule has 1 amide bonds. The van der Waals surface area contributed by atoms with E-state index in [0.29, 0.717) is 18.8 Å². The van der Waals surface area contributed by atoms with Gasteiger partial charge in [-0.05, 0) is 36.2 Å². The van der Waals surface area contributed by atoms with Crippen LogP contribution < -0.4 is 10.6 Å². The molecule has 1 atom stereocenters. The summed E-state index contributed by atoms with van der Waals surface area (Å²) in [7, 11) is 0. The van der Waals surface area contributed by atoms with Gasteiger partial charge in [-0.2, -0.15) is 0 Å². The summed E-state index contributed by atoms with van der Waals surface area (Å²) in [6, 6.07) is 10.7. The molecule has 1 fully saturated rings. The molecule has 2 N–H and O–H groups in total. The van der Waals surface area contributed by atoms with Gasteiger partial charge in [0.1, 0.15) is 11.5 Å². The minimum atomic E-state index is -0.705. The molecular weight excluding hydrogens is 313 g/mol. The van der Waals surface area contributed by atoms with E-state index in [1.807, 2.05) is 11.0 Å². The van der Waals surface area contributed by atoms with Crippen LogP contribution in [-0.2, 0) is 0 Å². The number of halogens is 1. The van der Waals surface area contributed by atoms with Crippen LogP contribution in [0.5, 0.6) is 0 Å². The SMILES string of the molecule is NC(=O)c1ccc(N2CCC(c3cccc(F)c3)C2)c([N+](=O)[O-])c1. The Morgan fingerprint density at radius 3 is 2.75 bits per heavy atom. The summed E-state index contributed by atoms with van der Waals surface area (Å²) < 4.78 is 13.4. The second-order valence-corrected chi connectivity index (χ2v) is 5.81. The van der Waals surface area contributed by atoms with Crippen molar-refractivity contribution in [2.45, 2.75) is 12.3 Å². The Morgan fingerprint density at radius 2 is 2.08 bits per heavy atom. The molecule has 0 aliphatic carbocycles. The van der Waals surface area contributed by atoms with E-state index in [-0.39, 0.29) is 23.0 Å². The molecule has 2 aromatic rings. The van der Waals surface area contributed by atoms with Gasteiger partial charge in [-0.3, -0.25) is 14.9 Å². The van der Waals surface area contributed by atoms with Crippen molar-refractivity contribution in [3.05, 3.63) is 69.5 Å². The van der Waals surface area contributed by atoms with Gasteiger partial charge in [0.05, 0.1) is 4.92 Å². The van der Waals surface area contributed by atoms with Crippen molar-refractivity contribution in [2.75, 3.05) is 18.0 Å². The smallest absolute Gasteiger partial charge is 0.293 e. The largest absolute Gasteiger partial charge is 0.366 e. The third kappa shape index (κ3) is 3.05. The summed E-state index contributed by atoms with van der Waals surface area (Å²) in [5.74, 6) is -0.887. The van der Waals surface area contributed by atoms with Gasteiger partial charge >= 0.3 is 0 Å². The van der Waals surface area contributed by atoms with Gasteiger partial charge in [0.25, 0.3) is 5.69 Å². The van der Waals surface area contributed by atoms with Crippen molar-refractivity contribution in [3.8, 4) is 0 Å². The van der Waals surface area contributed by atoms with Gasteiger partial charge in [0.15, 0.2) is 0 Å². The van der Waals surface area contributed by atoms with Crippen molar-refractivity contribution in [3.63, 3.8) is 0 Å². The van der Waals surface area contributed by atoms with Gasteiger partial charge in [-0.1, -0.05) is 12.1 Å². The lowest BCUT2D eigenvalue weighted by Gasteiger charge is -2.19. The van der Waals surface area contributed by atoms with Crippen molar-refractivity contribution in [1.29, 1.82) is 0 Å². The van der Waals surface area contributed by atoms with Crippen molar-refractivity contribution < 1.29 is 14.1 Å². The lowest BCUT2D eigenvalue weighted by molar-refractivity contribution is -0.384. The average Bonchev–Trinajstić information content (AvgIpc) is 3.04. The highest BCUT2D eigenvalue weighted by Gasteiger charge is 2.29. The Bertz CT molecular complexity index is 809. The van der Waals surface area contributed by atoms with E-state index in [0.717, 1.165) is 12.0 Å². The van der Waals surface area contributed by atoms with Crippen molar-refractivity contribution >= 4 is 17.3 Å². The van der Waals surface area contributed by atoms with E-state index < -0.39 is 10.8 Å². The third-order valence-corrected chi connectivity index (χ3v) is 4.31. The number of rotatable bonds is 4. The second kappa shape index (κ2) is 6.27. The maximum atomic E-state index is 13.4. The molecule has 124 valence electrons. The quantitative estimate of drug-likeness (QED) is 0.690. The number of carbonyl (C=O) groups excluding carboxylic acids is 1. The van der Waals surface area contributed by atoms with Crippen LogP contribution in [0.4, 0.5) is 15.8 Å². The Labute approximate surface area is 137 Å². The molecule has 0 spiro atoms. The number of anilines is 1. The number of nitro groups is 1. The Balaban J connectivity index is 1.88. The maximum absolute atomic E-state index is 13.4. The molecule has 1 unspecified atom stereocenters. The first-order chi connectivity index (χ1) is 11.5. The highest BCUT2D eigenvalue weighted by atomic mass is 19.1. The number of amides is 1. The van der Waals surface area contributed by atoms with Gasteiger partial charge in [-0.15, -0.1) is 0 Å². The number of hydrogen-bond donors (Lipinski definition) is 1. The third-order valence-electron chi connectivity index (χ3n) is 4.31. The highest BCUT2D eigenvalue weighted by Crippen LogP contribution is 2.36. The van der Waals surface area contributed by atoms with E-state index in [1.54, 1.807) is 12.1 Å². The fraction of sp³-hybridized carbons (Fsp3) is 0.235. The normalized spacial score (nSPS) is 17.0. The van der Waals surface area contributed by atoms with E-state index in [4.69, 9.17) is 5.73 Å². The number of nitrogens with two attached hydrogens (primary N) is 1. The van der Waals surface area contributed by atoms with Crippen LogP contribution in [0.2, 0.25) is 0 Å². The van der Waals surface area contributed by atoms with E-state index >= 15 is 0 Å². The molecule has 1 aliphatic rings. The second-order valence-electron chi connectivity index (χ2n) is 5.81. The van der Waals surface area contributed by atoms with Gasteiger partial charge < -0.3 is 10.6 Å². The zero-order valence-electron chi connectivity index (χ0n) is 12.8. The maximum Gasteiger partial charge on any atom is 0.293 e. The summed E-state index contributed by atoms with van der Waals surface area (Å²) in [5, 5.41) is 11.3. The molecule has 1 aliphatic heterocycles. The number of nitro benzene ring substituents is 1. The van der Waals surface area contributed by atoms with E-state index in [1.165, 1.54) is 24.3 Å². The average molecular weight is 329 g/mol.